The van der Waals surface area contributed by atoms with E-state index in [4.69, 9.17) is 0 Å². The van der Waals surface area contributed by atoms with E-state index >= 15 is 0 Å². The molecule has 2 rings (SSSR count). The second-order valence-electron chi connectivity index (χ2n) is 6.33. The zero-order valence-electron chi connectivity index (χ0n) is 12.8. The molecule has 1 heterocycles. The minimum atomic E-state index is 0.480. The summed E-state index contributed by atoms with van der Waals surface area (Å²) in [6.07, 6.45) is 14.4. The van der Waals surface area contributed by atoms with E-state index in [0.717, 1.165) is 13.0 Å². The van der Waals surface area contributed by atoms with E-state index in [0.29, 0.717) is 11.6 Å². The van der Waals surface area contributed by atoms with Gasteiger partial charge in [-0.2, -0.15) is 0 Å². The van der Waals surface area contributed by atoms with Gasteiger partial charge < -0.3 is 5.32 Å². The van der Waals surface area contributed by atoms with E-state index < -0.39 is 0 Å². The van der Waals surface area contributed by atoms with Gasteiger partial charge in [0.1, 0.15) is 0 Å². The molecule has 0 spiro atoms. The fraction of sp³-hybridized carbons (Fsp3) is 0.882. The predicted molar refractivity (Wildman–Crippen MR) is 83.5 cm³/mol. The Balaban J connectivity index is 2.05. The molecule has 1 aliphatic heterocycles. The van der Waals surface area contributed by atoms with Crippen LogP contribution >= 0.6 is 0 Å². The Kier molecular flexibility index (Phi) is 5.90. The Morgan fingerprint density at radius 1 is 1.21 bits per heavy atom. The van der Waals surface area contributed by atoms with Crippen molar-refractivity contribution in [2.75, 3.05) is 19.6 Å². The molecule has 0 amide bonds. The third-order valence-electron chi connectivity index (χ3n) is 5.21. The van der Waals surface area contributed by atoms with E-state index in [1.807, 2.05) is 0 Å². The third-order valence-corrected chi connectivity index (χ3v) is 5.21. The van der Waals surface area contributed by atoms with Gasteiger partial charge in [0.05, 0.1) is 0 Å². The Hall–Kier alpha value is -0.340. The summed E-state index contributed by atoms with van der Waals surface area (Å²) >= 11 is 0. The van der Waals surface area contributed by atoms with Gasteiger partial charge >= 0.3 is 0 Å². The molecule has 0 aromatic heterocycles. The number of unbranched alkanes of at least 4 members (excludes halogenated alkanes) is 1. The van der Waals surface area contributed by atoms with Crippen molar-refractivity contribution in [1.29, 1.82) is 0 Å². The maximum absolute atomic E-state index is 3.86. The molecule has 19 heavy (non-hydrogen) atoms. The van der Waals surface area contributed by atoms with Gasteiger partial charge in [-0.3, -0.25) is 4.90 Å². The molecule has 110 valence electrons. The predicted octanol–water partition coefficient (Wildman–Crippen LogP) is 3.73. The fourth-order valence-electron chi connectivity index (χ4n) is 4.31. The number of nitrogens with zero attached hydrogens (tertiary/aromatic N) is 1. The molecular formula is C17H32N2. The van der Waals surface area contributed by atoms with Gasteiger partial charge in [0.2, 0.25) is 0 Å². The number of allylic oxidation sites excluding steroid dienone is 1. The number of hydrogen-bond donors (Lipinski definition) is 1. The molecule has 0 aromatic rings. The second kappa shape index (κ2) is 7.44. The van der Waals surface area contributed by atoms with Crippen molar-refractivity contribution in [2.45, 2.75) is 76.3 Å². The SMILES string of the molecule is C=CCCCC(NCC)C1(N2CCCC2)CCCC1. The zero-order chi connectivity index (χ0) is 13.6. The Labute approximate surface area is 119 Å². The molecule has 0 aromatic carbocycles. The minimum Gasteiger partial charge on any atom is -0.312 e. The number of likely N-dealkylation sites (tertiary alicyclic amines) is 1. The van der Waals surface area contributed by atoms with E-state index in [1.54, 1.807) is 0 Å². The summed E-state index contributed by atoms with van der Waals surface area (Å²) in [7, 11) is 0. The van der Waals surface area contributed by atoms with Crippen molar-refractivity contribution < 1.29 is 0 Å². The minimum absolute atomic E-state index is 0.480. The molecule has 0 bridgehead atoms. The lowest BCUT2D eigenvalue weighted by molar-refractivity contribution is 0.0728. The van der Waals surface area contributed by atoms with E-state index in [9.17, 15) is 0 Å². The molecule has 2 heteroatoms. The molecule has 1 aliphatic carbocycles. The van der Waals surface area contributed by atoms with Gasteiger partial charge in [-0.05, 0) is 64.6 Å². The molecule has 1 saturated heterocycles. The molecular weight excluding hydrogens is 232 g/mol. The molecule has 1 saturated carbocycles. The molecule has 1 atom stereocenters. The van der Waals surface area contributed by atoms with Crippen molar-refractivity contribution in [1.82, 2.24) is 10.2 Å². The van der Waals surface area contributed by atoms with Crippen LogP contribution in [0.5, 0.6) is 0 Å². The van der Waals surface area contributed by atoms with Crippen LogP contribution in [0.1, 0.15) is 64.7 Å². The molecule has 2 nitrogen and oxygen atoms in total. The molecule has 1 unspecified atom stereocenters. The van der Waals surface area contributed by atoms with Gasteiger partial charge in [-0.25, -0.2) is 0 Å². The third kappa shape index (κ3) is 3.41. The first kappa shape index (κ1) is 15.1. The summed E-state index contributed by atoms with van der Waals surface area (Å²) in [5.41, 5.74) is 0.480. The Morgan fingerprint density at radius 2 is 1.89 bits per heavy atom. The van der Waals surface area contributed by atoms with Crippen LogP contribution in [0.3, 0.4) is 0 Å². The van der Waals surface area contributed by atoms with Crippen LogP contribution in [-0.4, -0.2) is 36.1 Å². The van der Waals surface area contributed by atoms with Crippen molar-refractivity contribution in [3.05, 3.63) is 12.7 Å². The number of likely N-dealkylation sites (N-methyl/N-ethyl adjacent to an activating group) is 1. The lowest BCUT2D eigenvalue weighted by Gasteiger charge is -2.45. The molecule has 1 N–H and O–H groups in total. The summed E-state index contributed by atoms with van der Waals surface area (Å²) < 4.78 is 0. The quantitative estimate of drug-likeness (QED) is 0.531. The summed E-state index contributed by atoms with van der Waals surface area (Å²) in [6, 6.07) is 0.693. The molecule has 2 aliphatic rings. The first-order valence-electron chi connectivity index (χ1n) is 8.43. The number of nitrogens with one attached hydrogen (secondary N) is 1. The number of hydrogen-bond acceptors (Lipinski definition) is 2. The lowest BCUT2D eigenvalue weighted by atomic mass is 9.83. The standard InChI is InChI=1S/C17H32N2/c1-3-5-6-11-16(18-4-2)17(12-7-8-13-17)19-14-9-10-15-19/h3,16,18H,1,4-15H2,2H3. The average Bonchev–Trinajstić information content (AvgIpc) is 3.09. The second-order valence-corrected chi connectivity index (χ2v) is 6.33. The highest BCUT2D eigenvalue weighted by atomic mass is 15.2. The van der Waals surface area contributed by atoms with Crippen LogP contribution in [0.15, 0.2) is 12.7 Å². The smallest absolute Gasteiger partial charge is 0.0362 e. The van der Waals surface area contributed by atoms with Gasteiger partial charge in [0, 0.05) is 11.6 Å². The Bertz CT molecular complexity index is 262. The van der Waals surface area contributed by atoms with Crippen LogP contribution in [-0.2, 0) is 0 Å². The first-order valence-corrected chi connectivity index (χ1v) is 8.43. The normalized spacial score (nSPS) is 24.7. The largest absolute Gasteiger partial charge is 0.312 e. The lowest BCUT2D eigenvalue weighted by Crippen LogP contribution is -2.59. The fourth-order valence-corrected chi connectivity index (χ4v) is 4.31. The average molecular weight is 264 g/mol. The van der Waals surface area contributed by atoms with Crippen LogP contribution in [0.25, 0.3) is 0 Å². The van der Waals surface area contributed by atoms with E-state index in [2.05, 4.69) is 29.8 Å². The van der Waals surface area contributed by atoms with Crippen LogP contribution in [0.2, 0.25) is 0 Å². The van der Waals surface area contributed by atoms with Gasteiger partial charge in [0.15, 0.2) is 0 Å². The highest BCUT2D eigenvalue weighted by Crippen LogP contribution is 2.41. The maximum atomic E-state index is 3.86. The molecule has 0 radical (unpaired) electrons. The summed E-state index contributed by atoms with van der Waals surface area (Å²) in [4.78, 5) is 2.83. The maximum Gasteiger partial charge on any atom is 0.0362 e. The first-order chi connectivity index (χ1) is 9.33. The highest BCUT2D eigenvalue weighted by Gasteiger charge is 2.45. The van der Waals surface area contributed by atoms with Gasteiger partial charge in [0.25, 0.3) is 0 Å². The Morgan fingerprint density at radius 3 is 2.47 bits per heavy atom. The number of rotatable bonds is 8. The van der Waals surface area contributed by atoms with Crippen LogP contribution < -0.4 is 5.32 Å². The van der Waals surface area contributed by atoms with Crippen molar-refractivity contribution in [2.24, 2.45) is 0 Å². The zero-order valence-corrected chi connectivity index (χ0v) is 12.8. The van der Waals surface area contributed by atoms with Crippen molar-refractivity contribution in [3.63, 3.8) is 0 Å². The van der Waals surface area contributed by atoms with Gasteiger partial charge in [-0.15, -0.1) is 6.58 Å². The topological polar surface area (TPSA) is 15.3 Å². The van der Waals surface area contributed by atoms with Crippen LogP contribution in [0, 0.1) is 0 Å². The van der Waals surface area contributed by atoms with Crippen molar-refractivity contribution in [3.8, 4) is 0 Å². The molecule has 2 fully saturated rings. The van der Waals surface area contributed by atoms with E-state index in [1.165, 1.54) is 64.5 Å². The summed E-state index contributed by atoms with van der Waals surface area (Å²) in [5.74, 6) is 0. The summed E-state index contributed by atoms with van der Waals surface area (Å²) in [5, 5.41) is 3.83. The highest BCUT2D eigenvalue weighted by molar-refractivity contribution is 5.04. The monoisotopic (exact) mass is 264 g/mol. The van der Waals surface area contributed by atoms with Crippen molar-refractivity contribution >= 4 is 0 Å². The summed E-state index contributed by atoms with van der Waals surface area (Å²) in [6.45, 7) is 9.90. The van der Waals surface area contributed by atoms with Crippen LogP contribution in [0.4, 0.5) is 0 Å². The van der Waals surface area contributed by atoms with E-state index in [-0.39, 0.29) is 0 Å². The van der Waals surface area contributed by atoms with Gasteiger partial charge in [-0.1, -0.05) is 25.8 Å².